The Balaban J connectivity index is 2.19. The van der Waals surface area contributed by atoms with Gasteiger partial charge in [-0.25, -0.2) is 5.32 Å². The molecule has 0 amide bonds. The molecule has 0 aromatic carbocycles. The molecule has 0 aliphatic carbocycles. The molecule has 3 nitrogen and oxygen atoms in total. The molecular formula is C7H12NO2. The third-order valence-electron chi connectivity index (χ3n) is 1.51. The number of piperidine rings is 1. The molecule has 1 fully saturated rings. The lowest BCUT2D eigenvalue weighted by molar-refractivity contribution is -0.147. The molecule has 0 spiro atoms. The summed E-state index contributed by atoms with van der Waals surface area (Å²) in [6.07, 6.45) is 2.09. The van der Waals surface area contributed by atoms with Gasteiger partial charge in [-0.2, -0.15) is 0 Å². The Bertz CT molecular complexity index is 119. The Morgan fingerprint density at radius 3 is 3.00 bits per heavy atom. The monoisotopic (exact) mass is 142 g/mol. The van der Waals surface area contributed by atoms with E-state index in [1.165, 1.54) is 6.92 Å². The molecule has 0 bridgehead atoms. The van der Waals surface area contributed by atoms with Gasteiger partial charge in [0.25, 0.3) is 0 Å². The van der Waals surface area contributed by atoms with Crippen molar-refractivity contribution in [3.63, 3.8) is 0 Å². The molecule has 1 saturated heterocycles. The van der Waals surface area contributed by atoms with Crippen molar-refractivity contribution in [3.05, 3.63) is 0 Å². The summed E-state index contributed by atoms with van der Waals surface area (Å²) in [5.74, 6) is -0.192. The van der Waals surface area contributed by atoms with Gasteiger partial charge in [0.05, 0.1) is 6.54 Å². The van der Waals surface area contributed by atoms with Crippen LogP contribution in [-0.2, 0) is 9.53 Å². The van der Waals surface area contributed by atoms with Crippen molar-refractivity contribution in [2.45, 2.75) is 25.9 Å². The number of rotatable bonds is 1. The number of esters is 1. The van der Waals surface area contributed by atoms with Crippen LogP contribution < -0.4 is 5.32 Å². The van der Waals surface area contributed by atoms with E-state index >= 15 is 0 Å². The summed E-state index contributed by atoms with van der Waals surface area (Å²) >= 11 is 0. The maximum absolute atomic E-state index is 10.4. The van der Waals surface area contributed by atoms with Crippen molar-refractivity contribution in [2.24, 2.45) is 0 Å². The third-order valence-corrected chi connectivity index (χ3v) is 1.51. The van der Waals surface area contributed by atoms with E-state index in [9.17, 15) is 4.79 Å². The highest BCUT2D eigenvalue weighted by molar-refractivity contribution is 5.66. The highest BCUT2D eigenvalue weighted by Crippen LogP contribution is 2.06. The Kier molecular flexibility index (Phi) is 2.68. The van der Waals surface area contributed by atoms with E-state index < -0.39 is 0 Å². The molecule has 1 unspecified atom stereocenters. The second-order valence-electron chi connectivity index (χ2n) is 2.50. The minimum absolute atomic E-state index is 0.0613. The van der Waals surface area contributed by atoms with E-state index in [0.29, 0.717) is 6.54 Å². The van der Waals surface area contributed by atoms with Crippen LogP contribution >= 0.6 is 0 Å². The van der Waals surface area contributed by atoms with E-state index in [1.54, 1.807) is 0 Å². The largest absolute Gasteiger partial charge is 0.461 e. The highest BCUT2D eigenvalue weighted by atomic mass is 16.5. The summed E-state index contributed by atoms with van der Waals surface area (Å²) in [7, 11) is 0. The zero-order chi connectivity index (χ0) is 7.40. The first kappa shape index (κ1) is 7.54. The van der Waals surface area contributed by atoms with Crippen molar-refractivity contribution >= 4 is 5.97 Å². The smallest absolute Gasteiger partial charge is 0.302 e. The van der Waals surface area contributed by atoms with Gasteiger partial charge in [0.15, 0.2) is 0 Å². The minimum Gasteiger partial charge on any atom is -0.461 e. The summed E-state index contributed by atoms with van der Waals surface area (Å²) in [6.45, 7) is 3.06. The predicted octanol–water partition coefficient (Wildman–Crippen LogP) is 0.316. The van der Waals surface area contributed by atoms with Crippen molar-refractivity contribution in [1.29, 1.82) is 0 Å². The fourth-order valence-corrected chi connectivity index (χ4v) is 1.09. The molecule has 1 atom stereocenters. The minimum atomic E-state index is -0.192. The molecule has 0 N–H and O–H groups in total. The Morgan fingerprint density at radius 2 is 2.50 bits per heavy atom. The first-order valence-electron chi connectivity index (χ1n) is 3.59. The zero-order valence-corrected chi connectivity index (χ0v) is 6.17. The van der Waals surface area contributed by atoms with Crippen LogP contribution in [0.25, 0.3) is 0 Å². The average molecular weight is 142 g/mol. The van der Waals surface area contributed by atoms with Gasteiger partial charge in [0, 0.05) is 13.5 Å². The van der Waals surface area contributed by atoms with Crippen LogP contribution in [0.4, 0.5) is 0 Å². The number of nitrogens with zero attached hydrogens (tertiary/aromatic N) is 1. The van der Waals surface area contributed by atoms with Crippen molar-refractivity contribution in [2.75, 3.05) is 13.1 Å². The SMILES string of the molecule is CC(=O)OC1CCC[N]C1. The second-order valence-corrected chi connectivity index (χ2v) is 2.50. The molecule has 3 heteroatoms. The number of hydrogen-bond acceptors (Lipinski definition) is 2. The molecule has 1 radical (unpaired) electrons. The number of hydrogen-bond donors (Lipinski definition) is 0. The Morgan fingerprint density at radius 1 is 1.70 bits per heavy atom. The maximum Gasteiger partial charge on any atom is 0.302 e. The molecule has 0 aromatic heterocycles. The number of ether oxygens (including phenoxy) is 1. The highest BCUT2D eigenvalue weighted by Gasteiger charge is 2.15. The molecule has 1 aliphatic heterocycles. The van der Waals surface area contributed by atoms with E-state index in [0.717, 1.165) is 19.4 Å². The van der Waals surface area contributed by atoms with E-state index in [1.807, 2.05) is 0 Å². The van der Waals surface area contributed by atoms with Gasteiger partial charge >= 0.3 is 5.97 Å². The van der Waals surface area contributed by atoms with E-state index in [4.69, 9.17) is 4.74 Å². The summed E-state index contributed by atoms with van der Waals surface area (Å²) in [6, 6.07) is 0. The molecule has 1 heterocycles. The lowest BCUT2D eigenvalue weighted by Crippen LogP contribution is -2.31. The molecular weight excluding hydrogens is 130 g/mol. The van der Waals surface area contributed by atoms with Gasteiger partial charge in [-0.3, -0.25) is 4.79 Å². The normalized spacial score (nSPS) is 25.9. The zero-order valence-electron chi connectivity index (χ0n) is 6.17. The van der Waals surface area contributed by atoms with Gasteiger partial charge in [-0.1, -0.05) is 0 Å². The summed E-state index contributed by atoms with van der Waals surface area (Å²) in [5, 5.41) is 4.13. The molecule has 0 saturated carbocycles. The van der Waals surface area contributed by atoms with Gasteiger partial charge in [-0.05, 0) is 12.8 Å². The van der Waals surface area contributed by atoms with Crippen LogP contribution in [0.2, 0.25) is 0 Å². The van der Waals surface area contributed by atoms with Crippen molar-refractivity contribution in [1.82, 2.24) is 5.32 Å². The van der Waals surface area contributed by atoms with Crippen LogP contribution in [0.5, 0.6) is 0 Å². The first-order valence-corrected chi connectivity index (χ1v) is 3.59. The van der Waals surface area contributed by atoms with Crippen LogP contribution in [0, 0.1) is 0 Å². The van der Waals surface area contributed by atoms with Gasteiger partial charge in [0.2, 0.25) is 0 Å². The summed E-state index contributed by atoms with van der Waals surface area (Å²) in [4.78, 5) is 10.4. The Hall–Kier alpha value is -0.570. The van der Waals surface area contributed by atoms with Crippen LogP contribution in [0.3, 0.4) is 0 Å². The van der Waals surface area contributed by atoms with Crippen LogP contribution in [0.15, 0.2) is 0 Å². The number of carbonyl (C=O) groups excluding carboxylic acids is 1. The fraction of sp³-hybridized carbons (Fsp3) is 0.857. The van der Waals surface area contributed by atoms with E-state index in [-0.39, 0.29) is 12.1 Å². The summed E-state index contributed by atoms with van der Waals surface area (Å²) < 4.78 is 4.96. The molecule has 1 aliphatic rings. The van der Waals surface area contributed by atoms with Crippen LogP contribution in [0.1, 0.15) is 19.8 Å². The Labute approximate surface area is 60.7 Å². The van der Waals surface area contributed by atoms with Gasteiger partial charge in [-0.15, -0.1) is 0 Å². The van der Waals surface area contributed by atoms with Gasteiger partial charge < -0.3 is 4.74 Å². The quantitative estimate of drug-likeness (QED) is 0.494. The topological polar surface area (TPSA) is 40.4 Å². The second kappa shape index (κ2) is 3.56. The van der Waals surface area contributed by atoms with Crippen molar-refractivity contribution < 1.29 is 9.53 Å². The average Bonchev–Trinajstić information content (AvgIpc) is 1.88. The third kappa shape index (κ3) is 2.35. The first-order chi connectivity index (χ1) is 4.79. The van der Waals surface area contributed by atoms with E-state index in [2.05, 4.69) is 5.32 Å². The standard InChI is InChI=1S/C7H12NO2/c1-6(9)10-7-3-2-4-8-5-7/h7H,2-5H2,1H3. The maximum atomic E-state index is 10.4. The summed E-state index contributed by atoms with van der Waals surface area (Å²) in [5.41, 5.74) is 0. The molecule has 57 valence electrons. The number of carbonyl (C=O) groups is 1. The molecule has 1 rings (SSSR count). The van der Waals surface area contributed by atoms with Gasteiger partial charge in [0.1, 0.15) is 6.10 Å². The lowest BCUT2D eigenvalue weighted by Gasteiger charge is -2.20. The van der Waals surface area contributed by atoms with Crippen LogP contribution in [-0.4, -0.2) is 25.2 Å². The van der Waals surface area contributed by atoms with Crippen molar-refractivity contribution in [3.8, 4) is 0 Å². The lowest BCUT2D eigenvalue weighted by atomic mass is 10.1. The molecule has 0 aromatic rings. The predicted molar refractivity (Wildman–Crippen MR) is 36.7 cm³/mol. The fourth-order valence-electron chi connectivity index (χ4n) is 1.09. The molecule has 10 heavy (non-hydrogen) atoms.